The Morgan fingerprint density at radius 3 is 2.58 bits per heavy atom. The van der Waals surface area contributed by atoms with E-state index in [2.05, 4.69) is 4.98 Å². The molecule has 0 spiro atoms. The zero-order chi connectivity index (χ0) is 18.1. The predicted octanol–water partition coefficient (Wildman–Crippen LogP) is 6.90. The maximum Gasteiger partial charge on any atom is 0.219 e. The Kier molecular flexibility index (Phi) is 4.94. The van der Waals surface area contributed by atoms with Gasteiger partial charge in [0.1, 0.15) is 17.6 Å². The normalized spacial score (nSPS) is 15.9. The molecular formula is C20H14Cl3NO2. The third kappa shape index (κ3) is 3.75. The van der Waals surface area contributed by atoms with Gasteiger partial charge in [-0.3, -0.25) is 0 Å². The molecule has 1 aromatic heterocycles. The number of nitrogens with zero attached hydrogens (tertiary/aromatic N) is 1. The molecule has 2 heterocycles. The number of hydrogen-bond donors (Lipinski definition) is 0. The van der Waals surface area contributed by atoms with Crippen molar-refractivity contribution >= 4 is 34.8 Å². The van der Waals surface area contributed by atoms with Crippen molar-refractivity contribution in [3.05, 3.63) is 80.9 Å². The van der Waals surface area contributed by atoms with Crippen LogP contribution in [0.1, 0.15) is 23.7 Å². The largest absolute Gasteiger partial charge is 0.485 e. The number of aryl methyl sites for hydroxylation is 1. The van der Waals surface area contributed by atoms with E-state index in [9.17, 15) is 0 Å². The fraction of sp³-hybridized carbons (Fsp3) is 0.150. The monoisotopic (exact) mass is 405 g/mol. The molecule has 4 rings (SSSR count). The predicted molar refractivity (Wildman–Crippen MR) is 104 cm³/mol. The third-order valence-corrected chi connectivity index (χ3v) is 5.00. The maximum absolute atomic E-state index is 6.32. The minimum absolute atomic E-state index is 0.0861. The van der Waals surface area contributed by atoms with Crippen molar-refractivity contribution in [3.8, 4) is 17.4 Å². The molecule has 0 saturated heterocycles. The van der Waals surface area contributed by atoms with E-state index >= 15 is 0 Å². The van der Waals surface area contributed by atoms with Crippen LogP contribution in [0.5, 0.6) is 17.4 Å². The molecule has 0 bridgehead atoms. The quantitative estimate of drug-likeness (QED) is 0.474. The molecule has 0 saturated carbocycles. The van der Waals surface area contributed by atoms with Gasteiger partial charge >= 0.3 is 0 Å². The first-order chi connectivity index (χ1) is 12.6. The minimum atomic E-state index is -0.0861. The van der Waals surface area contributed by atoms with E-state index in [0.29, 0.717) is 26.7 Å². The standard InChI is InChI=1S/C20H14Cl3NO2/c21-13-2-5-16(17(23)10-13)19-6-1-12-9-15(4-7-18(12)26-19)25-20-8-3-14(22)11-24-20/h2-5,7-11,19H,1,6H2. The Hall–Kier alpha value is -1.94. The number of rotatable bonds is 3. The summed E-state index contributed by atoms with van der Waals surface area (Å²) < 4.78 is 11.9. The zero-order valence-electron chi connectivity index (χ0n) is 13.6. The van der Waals surface area contributed by atoms with Gasteiger partial charge in [-0.1, -0.05) is 40.9 Å². The molecule has 3 aromatic rings. The third-order valence-electron chi connectivity index (χ3n) is 4.21. The summed E-state index contributed by atoms with van der Waals surface area (Å²) in [4.78, 5) is 4.14. The molecule has 0 radical (unpaired) electrons. The van der Waals surface area contributed by atoms with Crippen molar-refractivity contribution < 1.29 is 9.47 Å². The summed E-state index contributed by atoms with van der Waals surface area (Å²) in [6.07, 6.45) is 3.16. The lowest BCUT2D eigenvalue weighted by atomic mass is 9.97. The fourth-order valence-electron chi connectivity index (χ4n) is 2.95. The molecule has 1 unspecified atom stereocenters. The average Bonchev–Trinajstić information content (AvgIpc) is 2.63. The van der Waals surface area contributed by atoms with Crippen molar-refractivity contribution in [2.75, 3.05) is 0 Å². The summed E-state index contributed by atoms with van der Waals surface area (Å²) in [6, 6.07) is 14.7. The molecule has 0 N–H and O–H groups in total. The second-order valence-corrected chi connectivity index (χ2v) is 7.28. The van der Waals surface area contributed by atoms with Gasteiger partial charge in [0.05, 0.1) is 5.02 Å². The molecule has 0 fully saturated rings. The molecule has 26 heavy (non-hydrogen) atoms. The topological polar surface area (TPSA) is 31.4 Å². The lowest BCUT2D eigenvalue weighted by Gasteiger charge is -2.27. The highest BCUT2D eigenvalue weighted by Crippen LogP contribution is 2.39. The number of pyridine rings is 1. The van der Waals surface area contributed by atoms with Crippen LogP contribution in [-0.4, -0.2) is 4.98 Å². The van der Waals surface area contributed by atoms with Crippen molar-refractivity contribution in [2.24, 2.45) is 0 Å². The first kappa shape index (κ1) is 17.5. The highest BCUT2D eigenvalue weighted by atomic mass is 35.5. The average molecular weight is 407 g/mol. The zero-order valence-corrected chi connectivity index (χ0v) is 15.9. The van der Waals surface area contributed by atoms with E-state index in [1.54, 1.807) is 24.4 Å². The van der Waals surface area contributed by atoms with Gasteiger partial charge in [0.15, 0.2) is 0 Å². The number of fused-ring (bicyclic) bond motifs is 1. The fourth-order valence-corrected chi connectivity index (χ4v) is 3.60. The molecule has 2 aromatic carbocycles. The Bertz CT molecular complexity index is 944. The van der Waals surface area contributed by atoms with E-state index in [-0.39, 0.29) is 6.10 Å². The van der Waals surface area contributed by atoms with Crippen molar-refractivity contribution in [2.45, 2.75) is 18.9 Å². The summed E-state index contributed by atoms with van der Waals surface area (Å²) in [5.74, 6) is 2.05. The summed E-state index contributed by atoms with van der Waals surface area (Å²) in [7, 11) is 0. The van der Waals surface area contributed by atoms with Crippen molar-refractivity contribution in [1.82, 2.24) is 4.98 Å². The lowest BCUT2D eigenvalue weighted by molar-refractivity contribution is 0.176. The van der Waals surface area contributed by atoms with Gasteiger partial charge in [-0.05, 0) is 54.8 Å². The second kappa shape index (κ2) is 7.36. The van der Waals surface area contributed by atoms with Gasteiger partial charge in [0, 0.05) is 27.9 Å². The molecule has 1 aliphatic rings. The summed E-state index contributed by atoms with van der Waals surface area (Å²) in [5.41, 5.74) is 2.05. The Labute approximate surface area is 166 Å². The Balaban J connectivity index is 1.53. The number of hydrogen-bond acceptors (Lipinski definition) is 3. The second-order valence-electron chi connectivity index (χ2n) is 6.00. The van der Waals surface area contributed by atoms with Crippen LogP contribution in [0.25, 0.3) is 0 Å². The van der Waals surface area contributed by atoms with Crippen molar-refractivity contribution in [1.29, 1.82) is 0 Å². The first-order valence-corrected chi connectivity index (χ1v) is 9.26. The van der Waals surface area contributed by atoms with Gasteiger partial charge in [-0.2, -0.15) is 0 Å². The maximum atomic E-state index is 6.32. The van der Waals surface area contributed by atoms with E-state index in [0.717, 1.165) is 29.7 Å². The van der Waals surface area contributed by atoms with Crippen LogP contribution >= 0.6 is 34.8 Å². The molecule has 0 amide bonds. The highest BCUT2D eigenvalue weighted by Gasteiger charge is 2.23. The highest BCUT2D eigenvalue weighted by molar-refractivity contribution is 6.35. The van der Waals surface area contributed by atoms with Crippen LogP contribution in [0.3, 0.4) is 0 Å². The Morgan fingerprint density at radius 1 is 0.962 bits per heavy atom. The molecule has 1 atom stereocenters. The number of ether oxygens (including phenoxy) is 2. The van der Waals surface area contributed by atoms with Crippen LogP contribution in [0.2, 0.25) is 15.1 Å². The number of halogens is 3. The molecule has 1 aliphatic heterocycles. The first-order valence-electron chi connectivity index (χ1n) is 8.12. The molecule has 132 valence electrons. The Morgan fingerprint density at radius 2 is 1.81 bits per heavy atom. The van der Waals surface area contributed by atoms with Gasteiger partial charge < -0.3 is 9.47 Å². The van der Waals surface area contributed by atoms with Gasteiger partial charge in [0.25, 0.3) is 0 Å². The number of benzene rings is 2. The van der Waals surface area contributed by atoms with Crippen LogP contribution in [0.4, 0.5) is 0 Å². The molecule has 3 nitrogen and oxygen atoms in total. The summed E-state index contributed by atoms with van der Waals surface area (Å²) >= 11 is 18.1. The number of aromatic nitrogens is 1. The van der Waals surface area contributed by atoms with Gasteiger partial charge in [0.2, 0.25) is 5.88 Å². The van der Waals surface area contributed by atoms with Gasteiger partial charge in [-0.15, -0.1) is 0 Å². The van der Waals surface area contributed by atoms with Gasteiger partial charge in [-0.25, -0.2) is 4.98 Å². The lowest BCUT2D eigenvalue weighted by Crippen LogP contribution is -2.15. The molecular weight excluding hydrogens is 393 g/mol. The van der Waals surface area contributed by atoms with Crippen molar-refractivity contribution in [3.63, 3.8) is 0 Å². The summed E-state index contributed by atoms with van der Waals surface area (Å²) in [5, 5.41) is 1.82. The SMILES string of the molecule is Clc1ccc(Oc2ccc3c(c2)CCC(c2ccc(Cl)cc2Cl)O3)nc1. The molecule has 6 heteroatoms. The molecule has 0 aliphatic carbocycles. The van der Waals surface area contributed by atoms with Crippen LogP contribution < -0.4 is 9.47 Å². The smallest absolute Gasteiger partial charge is 0.219 e. The van der Waals surface area contributed by atoms with Crippen LogP contribution in [0, 0.1) is 0 Å². The minimum Gasteiger partial charge on any atom is -0.485 e. The summed E-state index contributed by atoms with van der Waals surface area (Å²) in [6.45, 7) is 0. The van der Waals surface area contributed by atoms with E-state index in [1.165, 1.54) is 0 Å². The van der Waals surface area contributed by atoms with E-state index in [1.807, 2.05) is 30.3 Å². The van der Waals surface area contributed by atoms with Crippen LogP contribution in [-0.2, 0) is 6.42 Å². The van der Waals surface area contributed by atoms with E-state index in [4.69, 9.17) is 44.3 Å². The van der Waals surface area contributed by atoms with E-state index < -0.39 is 0 Å². The van der Waals surface area contributed by atoms with Crippen LogP contribution in [0.15, 0.2) is 54.7 Å².